The molecule has 0 radical (unpaired) electrons. The summed E-state index contributed by atoms with van der Waals surface area (Å²) in [4.78, 5) is 43.1. The Labute approximate surface area is 203 Å². The predicted molar refractivity (Wildman–Crippen MR) is 126 cm³/mol. The average molecular weight is 501 g/mol. The predicted octanol–water partition coefficient (Wildman–Crippen LogP) is 3.96. The molecule has 4 aliphatic rings. The van der Waals surface area contributed by atoms with Crippen molar-refractivity contribution >= 4 is 45.6 Å². The van der Waals surface area contributed by atoms with Gasteiger partial charge in [0.2, 0.25) is 0 Å². The van der Waals surface area contributed by atoms with Gasteiger partial charge in [-0.15, -0.1) is 0 Å². The Bertz CT molecular complexity index is 1300. The van der Waals surface area contributed by atoms with E-state index in [2.05, 4.69) is 15.6 Å². The lowest BCUT2D eigenvalue weighted by atomic mass is 9.81. The van der Waals surface area contributed by atoms with Crippen molar-refractivity contribution in [2.45, 2.75) is 56.5 Å². The van der Waals surface area contributed by atoms with Gasteiger partial charge in [0.1, 0.15) is 11.4 Å². The highest BCUT2D eigenvalue weighted by atomic mass is 32.2. The van der Waals surface area contributed by atoms with Crippen molar-refractivity contribution in [3.8, 4) is 0 Å². The zero-order valence-electron chi connectivity index (χ0n) is 18.7. The van der Waals surface area contributed by atoms with Crippen LogP contribution in [0.25, 0.3) is 0 Å². The molecular weight excluding hydrogens is 478 g/mol. The minimum Gasteiger partial charge on any atom is -0.338 e. The standard InChI is InChI=1S/C23H22F2N6O3S/c1-10-15(18(32)21(34)30-23(3-4-23)22(27)35-9-26)17-11-6-13(7-11)31(17)16(10)20(33)29-12-2-5-28-14(8-12)19(24)25/h2,5,8-9,11,13,19,26-27H,3-4,6-7H2,1H3,(H,30,34)(H,28,29,33). The highest BCUT2D eigenvalue weighted by Crippen LogP contribution is 2.56. The Morgan fingerprint density at radius 2 is 2.03 bits per heavy atom. The maximum atomic E-state index is 13.3. The first-order chi connectivity index (χ1) is 16.7. The van der Waals surface area contributed by atoms with Crippen molar-refractivity contribution in [2.24, 2.45) is 0 Å². The summed E-state index contributed by atoms with van der Waals surface area (Å²) in [7, 11) is 0. The lowest BCUT2D eigenvalue weighted by molar-refractivity contribution is -0.117. The molecule has 182 valence electrons. The third-order valence-corrected chi connectivity index (χ3v) is 7.72. The summed E-state index contributed by atoms with van der Waals surface area (Å²) >= 11 is 0.883. The van der Waals surface area contributed by atoms with Crippen LogP contribution >= 0.6 is 11.8 Å². The van der Waals surface area contributed by atoms with Gasteiger partial charge in [0.05, 0.1) is 21.7 Å². The molecule has 2 bridgehead atoms. The Hall–Kier alpha value is -3.41. The fourth-order valence-corrected chi connectivity index (χ4v) is 5.63. The zero-order valence-corrected chi connectivity index (χ0v) is 19.5. The smallest absolute Gasteiger partial charge is 0.293 e. The monoisotopic (exact) mass is 500 g/mol. The van der Waals surface area contributed by atoms with Gasteiger partial charge in [0, 0.05) is 29.5 Å². The molecule has 0 saturated heterocycles. The number of halogens is 2. The molecule has 0 atom stereocenters. The van der Waals surface area contributed by atoms with Crippen LogP contribution in [0.4, 0.5) is 14.5 Å². The number of carbonyl (C=O) groups is 3. The summed E-state index contributed by atoms with van der Waals surface area (Å²) in [6.45, 7) is 1.61. The molecule has 6 rings (SSSR count). The molecule has 2 fully saturated rings. The topological polar surface area (TPSA) is 141 Å². The molecule has 2 saturated carbocycles. The number of rotatable bonds is 8. The normalized spacial score (nSPS) is 20.6. The molecule has 35 heavy (non-hydrogen) atoms. The van der Waals surface area contributed by atoms with Crippen molar-refractivity contribution in [3.63, 3.8) is 0 Å². The molecule has 12 heteroatoms. The number of alkyl halides is 2. The minimum absolute atomic E-state index is 0.0417. The van der Waals surface area contributed by atoms with Gasteiger partial charge in [0.15, 0.2) is 0 Å². The molecule has 4 heterocycles. The maximum absolute atomic E-state index is 13.3. The van der Waals surface area contributed by atoms with Crippen LogP contribution in [-0.2, 0) is 4.79 Å². The van der Waals surface area contributed by atoms with Crippen molar-refractivity contribution in [1.29, 1.82) is 10.8 Å². The Balaban J connectivity index is 1.44. The Kier molecular flexibility index (Phi) is 5.58. The second-order valence-electron chi connectivity index (χ2n) is 9.08. The van der Waals surface area contributed by atoms with Gasteiger partial charge in [-0.25, -0.2) is 8.78 Å². The average Bonchev–Trinajstić information content (AvgIpc) is 3.25. The number of thioether (sulfide) groups is 1. The molecule has 0 unspecified atom stereocenters. The number of ketones is 1. The molecule has 0 spiro atoms. The summed E-state index contributed by atoms with van der Waals surface area (Å²) in [5, 5.41) is 20.7. The number of pyridine rings is 1. The largest absolute Gasteiger partial charge is 0.338 e. The summed E-state index contributed by atoms with van der Waals surface area (Å²) in [6.07, 6.45) is 0.979. The molecule has 0 aromatic carbocycles. The van der Waals surface area contributed by atoms with E-state index in [4.69, 9.17) is 10.8 Å². The summed E-state index contributed by atoms with van der Waals surface area (Å²) in [5.41, 5.74) is 1.25. The summed E-state index contributed by atoms with van der Waals surface area (Å²) in [5.74, 6) is -2.09. The van der Waals surface area contributed by atoms with Gasteiger partial charge >= 0.3 is 0 Å². The number of nitrogens with zero attached hydrogens (tertiary/aromatic N) is 2. The first-order valence-corrected chi connectivity index (χ1v) is 12.0. The van der Waals surface area contributed by atoms with Gasteiger partial charge in [-0.2, -0.15) is 0 Å². The van der Waals surface area contributed by atoms with Crippen LogP contribution in [0.15, 0.2) is 18.3 Å². The highest BCUT2D eigenvalue weighted by molar-refractivity contribution is 8.25. The Morgan fingerprint density at radius 1 is 1.31 bits per heavy atom. The fourth-order valence-electron chi connectivity index (χ4n) is 5.03. The number of hydrogen-bond acceptors (Lipinski definition) is 7. The van der Waals surface area contributed by atoms with Crippen LogP contribution in [0.5, 0.6) is 0 Å². The van der Waals surface area contributed by atoms with Crippen molar-refractivity contribution in [2.75, 3.05) is 5.32 Å². The molecule has 4 N–H and O–H groups in total. The van der Waals surface area contributed by atoms with Crippen LogP contribution in [0.3, 0.4) is 0 Å². The minimum atomic E-state index is -2.78. The van der Waals surface area contributed by atoms with Crippen LogP contribution in [0.1, 0.15) is 81.9 Å². The van der Waals surface area contributed by atoms with E-state index < -0.39 is 35.3 Å². The lowest BCUT2D eigenvalue weighted by Gasteiger charge is -2.25. The van der Waals surface area contributed by atoms with Crippen LogP contribution in [0.2, 0.25) is 0 Å². The lowest BCUT2D eigenvalue weighted by Crippen LogP contribution is -2.45. The van der Waals surface area contributed by atoms with Gasteiger partial charge in [-0.3, -0.25) is 24.8 Å². The molecule has 2 aliphatic carbocycles. The van der Waals surface area contributed by atoms with E-state index in [1.165, 1.54) is 12.3 Å². The maximum Gasteiger partial charge on any atom is 0.293 e. The van der Waals surface area contributed by atoms with E-state index >= 15 is 0 Å². The summed E-state index contributed by atoms with van der Waals surface area (Å²) in [6, 6.07) is 2.55. The molecule has 2 amide bonds. The first kappa shape index (κ1) is 23.3. The quantitative estimate of drug-likeness (QED) is 0.188. The Morgan fingerprint density at radius 3 is 2.66 bits per heavy atom. The van der Waals surface area contributed by atoms with E-state index in [0.717, 1.165) is 36.2 Å². The van der Waals surface area contributed by atoms with Gasteiger partial charge in [-0.1, -0.05) is 11.8 Å². The number of carbonyl (C=O) groups excluding carboxylic acids is 3. The van der Waals surface area contributed by atoms with Gasteiger partial charge < -0.3 is 20.6 Å². The van der Waals surface area contributed by atoms with E-state index in [-0.39, 0.29) is 33.9 Å². The van der Waals surface area contributed by atoms with Crippen molar-refractivity contribution in [1.82, 2.24) is 14.9 Å². The van der Waals surface area contributed by atoms with Gasteiger partial charge in [0.25, 0.3) is 24.0 Å². The van der Waals surface area contributed by atoms with Crippen molar-refractivity contribution < 1.29 is 23.2 Å². The fraction of sp³-hybridized carbons (Fsp3) is 0.391. The summed E-state index contributed by atoms with van der Waals surface area (Å²) < 4.78 is 27.8. The SMILES string of the molecule is Cc1c(C(=O)C(=O)NC2(C(=N)SC=N)CC2)c2n(c1C(=O)Nc1ccnc(C(F)F)c1)C1CC2C1. The first-order valence-electron chi connectivity index (χ1n) is 11.1. The number of nitrogens with one attached hydrogen (secondary N) is 4. The molecular formula is C23H22F2N6O3S. The van der Waals surface area contributed by atoms with E-state index in [0.29, 0.717) is 24.1 Å². The molecule has 9 nitrogen and oxygen atoms in total. The highest BCUT2D eigenvalue weighted by Gasteiger charge is 2.52. The number of Topliss-reactive ketones (excluding diaryl/α,β-unsaturated/α-hetero) is 1. The van der Waals surface area contributed by atoms with E-state index in [1.54, 1.807) is 6.92 Å². The second kappa shape index (κ2) is 8.36. The molecule has 2 aromatic rings. The molecule has 2 aromatic heterocycles. The van der Waals surface area contributed by atoms with Crippen LogP contribution in [0, 0.1) is 17.7 Å². The van der Waals surface area contributed by atoms with Crippen LogP contribution < -0.4 is 10.6 Å². The molecule has 2 aliphatic heterocycles. The van der Waals surface area contributed by atoms with E-state index in [1.807, 2.05) is 4.57 Å². The number of anilines is 1. The number of hydrogen-bond donors (Lipinski definition) is 4. The number of amides is 2. The third kappa shape index (κ3) is 3.76. The van der Waals surface area contributed by atoms with E-state index in [9.17, 15) is 23.2 Å². The van der Waals surface area contributed by atoms with Gasteiger partial charge in [-0.05, 0) is 50.3 Å². The zero-order chi connectivity index (χ0) is 25.1. The third-order valence-electron chi connectivity index (χ3n) is 6.98. The second-order valence-corrected chi connectivity index (χ2v) is 9.96. The van der Waals surface area contributed by atoms with Crippen LogP contribution in [-0.4, -0.2) is 43.3 Å². The number of aromatic nitrogens is 2. The van der Waals surface area contributed by atoms with Crippen molar-refractivity contribution in [3.05, 3.63) is 46.5 Å².